The van der Waals surface area contributed by atoms with Crippen molar-refractivity contribution in [3.05, 3.63) is 33.3 Å². The number of amides is 1. The Bertz CT molecular complexity index is 449. The van der Waals surface area contributed by atoms with Gasteiger partial charge in [-0.15, -0.1) is 0 Å². The first-order valence-electron chi connectivity index (χ1n) is 6.59. The van der Waals surface area contributed by atoms with Gasteiger partial charge in [-0.1, -0.05) is 27.5 Å². The Hall–Kier alpha value is -0.580. The van der Waals surface area contributed by atoms with Crippen molar-refractivity contribution < 1.29 is 4.79 Å². The molecule has 0 aliphatic heterocycles. The van der Waals surface area contributed by atoms with Gasteiger partial charge in [-0.2, -0.15) is 0 Å². The van der Waals surface area contributed by atoms with E-state index in [0.29, 0.717) is 12.5 Å². The predicted molar refractivity (Wildman–Crippen MR) is 81.3 cm³/mol. The van der Waals surface area contributed by atoms with Gasteiger partial charge in [0, 0.05) is 28.5 Å². The summed E-state index contributed by atoms with van der Waals surface area (Å²) in [6.07, 6.45) is 3.75. The predicted octanol–water partition coefficient (Wildman–Crippen LogP) is 3.25. The number of carbonyl (C=O) groups is 1. The highest BCUT2D eigenvalue weighted by Crippen LogP contribution is 2.21. The SMILES string of the molecule is O=C(CCCNCc1cc(Cl)ccc1Br)NC1CC1. The molecule has 0 unspecified atom stereocenters. The Balaban J connectivity index is 1.60. The summed E-state index contributed by atoms with van der Waals surface area (Å²) in [6, 6.07) is 6.21. The van der Waals surface area contributed by atoms with E-state index in [1.807, 2.05) is 18.2 Å². The van der Waals surface area contributed by atoms with Gasteiger partial charge in [-0.05, 0) is 49.6 Å². The van der Waals surface area contributed by atoms with Crippen LogP contribution in [0, 0.1) is 0 Å². The Kier molecular flexibility index (Phi) is 5.67. The molecular weight excluding hydrogens is 328 g/mol. The van der Waals surface area contributed by atoms with Crippen LogP contribution in [0.2, 0.25) is 5.02 Å². The second-order valence-corrected chi connectivity index (χ2v) is 6.15. The molecule has 0 heterocycles. The number of carbonyl (C=O) groups excluding carboxylic acids is 1. The molecule has 2 rings (SSSR count). The van der Waals surface area contributed by atoms with Gasteiger partial charge in [0.25, 0.3) is 0 Å². The first kappa shape index (κ1) is 14.8. The van der Waals surface area contributed by atoms with Crippen LogP contribution in [0.25, 0.3) is 0 Å². The van der Waals surface area contributed by atoms with Gasteiger partial charge in [-0.25, -0.2) is 0 Å². The van der Waals surface area contributed by atoms with E-state index < -0.39 is 0 Å². The highest BCUT2D eigenvalue weighted by atomic mass is 79.9. The molecule has 0 spiro atoms. The summed E-state index contributed by atoms with van der Waals surface area (Å²) in [5, 5.41) is 7.05. The summed E-state index contributed by atoms with van der Waals surface area (Å²) in [5.41, 5.74) is 1.13. The van der Waals surface area contributed by atoms with Crippen LogP contribution in [-0.4, -0.2) is 18.5 Å². The Morgan fingerprint density at radius 2 is 2.21 bits per heavy atom. The fraction of sp³-hybridized carbons (Fsp3) is 0.500. The van der Waals surface area contributed by atoms with Crippen molar-refractivity contribution >= 4 is 33.4 Å². The van der Waals surface area contributed by atoms with Gasteiger partial charge in [0.15, 0.2) is 0 Å². The molecule has 5 heteroatoms. The number of benzene rings is 1. The molecule has 0 aromatic heterocycles. The van der Waals surface area contributed by atoms with Crippen molar-refractivity contribution in [2.45, 2.75) is 38.3 Å². The molecule has 0 saturated heterocycles. The lowest BCUT2D eigenvalue weighted by Crippen LogP contribution is -2.26. The third-order valence-corrected chi connectivity index (χ3v) is 4.03. The average Bonchev–Trinajstić information content (AvgIpc) is 3.17. The molecule has 0 bridgehead atoms. The van der Waals surface area contributed by atoms with E-state index in [0.717, 1.165) is 47.4 Å². The zero-order chi connectivity index (χ0) is 13.7. The Morgan fingerprint density at radius 1 is 1.42 bits per heavy atom. The number of nitrogens with one attached hydrogen (secondary N) is 2. The summed E-state index contributed by atoms with van der Waals surface area (Å²) in [5.74, 6) is 0.174. The van der Waals surface area contributed by atoms with Crippen LogP contribution >= 0.6 is 27.5 Å². The molecule has 1 aliphatic rings. The minimum Gasteiger partial charge on any atom is -0.353 e. The van der Waals surface area contributed by atoms with Gasteiger partial charge >= 0.3 is 0 Å². The Morgan fingerprint density at radius 3 is 2.95 bits per heavy atom. The molecule has 19 heavy (non-hydrogen) atoms. The summed E-state index contributed by atoms with van der Waals surface area (Å²) in [6.45, 7) is 1.59. The fourth-order valence-corrected chi connectivity index (χ4v) is 2.38. The normalized spacial score (nSPS) is 14.4. The van der Waals surface area contributed by atoms with Gasteiger partial charge in [0.1, 0.15) is 0 Å². The first-order chi connectivity index (χ1) is 9.15. The van der Waals surface area contributed by atoms with E-state index in [9.17, 15) is 4.79 Å². The number of rotatable bonds is 7. The molecule has 1 fully saturated rings. The van der Waals surface area contributed by atoms with Crippen LogP contribution in [0.15, 0.2) is 22.7 Å². The van der Waals surface area contributed by atoms with Gasteiger partial charge in [0.2, 0.25) is 5.91 Å². The van der Waals surface area contributed by atoms with E-state index >= 15 is 0 Å². The minimum atomic E-state index is 0.174. The quantitative estimate of drug-likeness (QED) is 0.745. The van der Waals surface area contributed by atoms with Crippen LogP contribution in [-0.2, 0) is 11.3 Å². The fourth-order valence-electron chi connectivity index (χ4n) is 1.80. The summed E-state index contributed by atoms with van der Waals surface area (Å²) >= 11 is 9.45. The monoisotopic (exact) mass is 344 g/mol. The summed E-state index contributed by atoms with van der Waals surface area (Å²) in [4.78, 5) is 11.5. The lowest BCUT2D eigenvalue weighted by molar-refractivity contribution is -0.121. The lowest BCUT2D eigenvalue weighted by Gasteiger charge is -2.07. The zero-order valence-electron chi connectivity index (χ0n) is 10.7. The molecule has 1 aromatic carbocycles. The molecular formula is C14H18BrClN2O. The maximum Gasteiger partial charge on any atom is 0.220 e. The lowest BCUT2D eigenvalue weighted by atomic mass is 10.2. The maximum absolute atomic E-state index is 11.5. The smallest absolute Gasteiger partial charge is 0.220 e. The van der Waals surface area contributed by atoms with Crippen molar-refractivity contribution in [1.82, 2.24) is 10.6 Å². The topological polar surface area (TPSA) is 41.1 Å². The highest BCUT2D eigenvalue weighted by molar-refractivity contribution is 9.10. The van der Waals surface area contributed by atoms with Crippen molar-refractivity contribution in [2.24, 2.45) is 0 Å². The zero-order valence-corrected chi connectivity index (χ0v) is 13.1. The second-order valence-electron chi connectivity index (χ2n) is 4.86. The standard InChI is InChI=1S/C14H18BrClN2O/c15-13-6-3-11(16)8-10(13)9-17-7-1-2-14(19)18-12-4-5-12/h3,6,8,12,17H,1-2,4-5,7,9H2,(H,18,19). The van der Waals surface area contributed by atoms with E-state index in [1.165, 1.54) is 0 Å². The Labute approximate surface area is 127 Å². The van der Waals surface area contributed by atoms with Gasteiger partial charge in [-0.3, -0.25) is 4.79 Å². The summed E-state index contributed by atoms with van der Waals surface area (Å²) in [7, 11) is 0. The average molecular weight is 346 g/mol. The van der Waals surface area contributed by atoms with Crippen molar-refractivity contribution in [2.75, 3.05) is 6.54 Å². The van der Waals surface area contributed by atoms with Crippen molar-refractivity contribution in [1.29, 1.82) is 0 Å². The molecule has 3 nitrogen and oxygen atoms in total. The minimum absolute atomic E-state index is 0.174. The van der Waals surface area contributed by atoms with E-state index in [4.69, 9.17) is 11.6 Å². The largest absolute Gasteiger partial charge is 0.353 e. The molecule has 1 aromatic rings. The molecule has 104 valence electrons. The maximum atomic E-state index is 11.5. The van der Waals surface area contributed by atoms with Crippen LogP contribution in [0.3, 0.4) is 0 Å². The molecule has 1 aliphatic carbocycles. The molecule has 2 N–H and O–H groups in total. The van der Waals surface area contributed by atoms with E-state index in [1.54, 1.807) is 0 Å². The van der Waals surface area contributed by atoms with Crippen LogP contribution in [0.5, 0.6) is 0 Å². The molecule has 1 amide bonds. The number of halogens is 2. The molecule has 0 atom stereocenters. The number of hydrogen-bond donors (Lipinski definition) is 2. The summed E-state index contributed by atoms with van der Waals surface area (Å²) < 4.78 is 1.05. The third-order valence-electron chi connectivity index (χ3n) is 3.02. The molecule has 0 radical (unpaired) electrons. The van der Waals surface area contributed by atoms with Crippen molar-refractivity contribution in [3.8, 4) is 0 Å². The number of hydrogen-bond acceptors (Lipinski definition) is 2. The van der Waals surface area contributed by atoms with Gasteiger partial charge < -0.3 is 10.6 Å². The van der Waals surface area contributed by atoms with Crippen LogP contribution in [0.4, 0.5) is 0 Å². The van der Waals surface area contributed by atoms with E-state index in [-0.39, 0.29) is 5.91 Å². The first-order valence-corrected chi connectivity index (χ1v) is 7.76. The second kappa shape index (κ2) is 7.27. The van der Waals surface area contributed by atoms with E-state index in [2.05, 4.69) is 26.6 Å². The highest BCUT2D eigenvalue weighted by Gasteiger charge is 2.22. The third kappa shape index (κ3) is 5.51. The van der Waals surface area contributed by atoms with Crippen LogP contribution < -0.4 is 10.6 Å². The van der Waals surface area contributed by atoms with Crippen molar-refractivity contribution in [3.63, 3.8) is 0 Å². The van der Waals surface area contributed by atoms with Crippen LogP contribution in [0.1, 0.15) is 31.2 Å². The molecule has 1 saturated carbocycles. The van der Waals surface area contributed by atoms with Gasteiger partial charge in [0.05, 0.1) is 0 Å².